The Morgan fingerprint density at radius 3 is 2.52 bits per heavy atom. The van der Waals surface area contributed by atoms with Gasteiger partial charge in [0.15, 0.2) is 0 Å². The predicted molar refractivity (Wildman–Crippen MR) is 97.4 cm³/mol. The van der Waals surface area contributed by atoms with Gasteiger partial charge in [0.05, 0.1) is 10.6 Å². The van der Waals surface area contributed by atoms with Crippen LogP contribution in [0.15, 0.2) is 53.4 Å². The average molecular weight is 376 g/mol. The van der Waals surface area contributed by atoms with E-state index in [-0.39, 0.29) is 11.4 Å². The van der Waals surface area contributed by atoms with E-state index < -0.39 is 15.8 Å². The minimum absolute atomic E-state index is 0.0526. The maximum absolute atomic E-state index is 13.3. The zero-order chi connectivity index (χ0) is 18.0. The van der Waals surface area contributed by atoms with E-state index in [0.717, 1.165) is 27.2 Å². The molecule has 0 amide bonds. The number of aromatic nitrogens is 1. The fourth-order valence-electron chi connectivity index (χ4n) is 2.32. The summed E-state index contributed by atoms with van der Waals surface area (Å²) in [5, 5.41) is 0.852. The number of hydrogen-bond acceptors (Lipinski definition) is 4. The number of nitrogens with one attached hydrogen (secondary N) is 1. The highest BCUT2D eigenvalue weighted by atomic mass is 32.2. The van der Waals surface area contributed by atoms with Crippen LogP contribution in [0.1, 0.15) is 16.1 Å². The summed E-state index contributed by atoms with van der Waals surface area (Å²) in [7, 11) is -3.71. The molecule has 0 saturated carbocycles. The minimum Gasteiger partial charge on any atom is -0.241 e. The van der Waals surface area contributed by atoms with E-state index in [1.165, 1.54) is 30.4 Å². The Labute approximate surface area is 150 Å². The number of nitrogens with zero attached hydrogens (tertiary/aromatic N) is 1. The Morgan fingerprint density at radius 1 is 1.12 bits per heavy atom. The van der Waals surface area contributed by atoms with Crippen molar-refractivity contribution in [3.63, 3.8) is 0 Å². The van der Waals surface area contributed by atoms with Crippen molar-refractivity contribution in [2.75, 3.05) is 0 Å². The molecule has 0 atom stereocenters. The summed E-state index contributed by atoms with van der Waals surface area (Å²) < 4.78 is 40.7. The van der Waals surface area contributed by atoms with Gasteiger partial charge in [0.25, 0.3) is 0 Å². The molecule has 25 heavy (non-hydrogen) atoms. The lowest BCUT2D eigenvalue weighted by Crippen LogP contribution is -2.23. The van der Waals surface area contributed by atoms with Crippen molar-refractivity contribution in [2.24, 2.45) is 0 Å². The number of hydrogen-bond donors (Lipinski definition) is 1. The van der Waals surface area contributed by atoms with Crippen LogP contribution in [-0.4, -0.2) is 13.4 Å². The van der Waals surface area contributed by atoms with Crippen LogP contribution < -0.4 is 4.72 Å². The minimum atomic E-state index is -3.71. The molecule has 0 aliphatic heterocycles. The molecule has 0 saturated heterocycles. The first kappa shape index (κ1) is 17.7. The first-order chi connectivity index (χ1) is 11.9. The number of rotatable bonds is 5. The lowest BCUT2D eigenvalue weighted by Gasteiger charge is -2.07. The van der Waals surface area contributed by atoms with Crippen LogP contribution in [0, 0.1) is 19.7 Å². The molecule has 0 aliphatic rings. The molecule has 3 aromatic rings. The van der Waals surface area contributed by atoms with Crippen LogP contribution in [0.5, 0.6) is 0 Å². The van der Waals surface area contributed by atoms with Crippen LogP contribution in [-0.2, 0) is 16.6 Å². The Morgan fingerprint density at radius 2 is 1.84 bits per heavy atom. The SMILES string of the molecule is Cc1cc(S(=O)(=O)NCc2sc(-c3ccccc3)nc2C)ccc1F. The average Bonchev–Trinajstić information content (AvgIpc) is 2.97. The second-order valence-electron chi connectivity index (χ2n) is 5.63. The van der Waals surface area contributed by atoms with Crippen LogP contribution in [0.4, 0.5) is 4.39 Å². The van der Waals surface area contributed by atoms with E-state index in [1.54, 1.807) is 0 Å². The van der Waals surface area contributed by atoms with Gasteiger partial charge in [-0.05, 0) is 37.6 Å². The van der Waals surface area contributed by atoms with Crippen molar-refractivity contribution in [3.05, 3.63) is 70.5 Å². The normalized spacial score (nSPS) is 11.6. The van der Waals surface area contributed by atoms with Crippen molar-refractivity contribution in [1.82, 2.24) is 9.71 Å². The van der Waals surface area contributed by atoms with Crippen molar-refractivity contribution in [1.29, 1.82) is 0 Å². The summed E-state index contributed by atoms with van der Waals surface area (Å²) in [6.07, 6.45) is 0. The lowest BCUT2D eigenvalue weighted by molar-refractivity contribution is 0.580. The first-order valence-corrected chi connectivity index (χ1v) is 9.94. The third-order valence-corrected chi connectivity index (χ3v) is 6.38. The number of sulfonamides is 1. The Bertz CT molecular complexity index is 999. The van der Waals surface area contributed by atoms with Crippen molar-refractivity contribution in [3.8, 4) is 10.6 Å². The van der Waals surface area contributed by atoms with Gasteiger partial charge in [0.2, 0.25) is 10.0 Å². The van der Waals surface area contributed by atoms with Crippen LogP contribution in [0.25, 0.3) is 10.6 Å². The molecule has 3 rings (SSSR count). The quantitative estimate of drug-likeness (QED) is 0.731. The molecule has 1 aromatic heterocycles. The molecule has 0 fully saturated rings. The molecule has 7 heteroatoms. The fraction of sp³-hybridized carbons (Fsp3) is 0.167. The maximum Gasteiger partial charge on any atom is 0.240 e. The van der Waals surface area contributed by atoms with Gasteiger partial charge < -0.3 is 0 Å². The van der Waals surface area contributed by atoms with E-state index >= 15 is 0 Å². The largest absolute Gasteiger partial charge is 0.241 e. The van der Waals surface area contributed by atoms with E-state index in [9.17, 15) is 12.8 Å². The number of aryl methyl sites for hydroxylation is 2. The summed E-state index contributed by atoms with van der Waals surface area (Å²) in [5.74, 6) is -0.426. The maximum atomic E-state index is 13.3. The number of benzene rings is 2. The van der Waals surface area contributed by atoms with Gasteiger partial charge in [-0.1, -0.05) is 30.3 Å². The summed E-state index contributed by atoms with van der Waals surface area (Å²) in [5.41, 5.74) is 2.09. The fourth-order valence-corrected chi connectivity index (χ4v) is 4.50. The van der Waals surface area contributed by atoms with Gasteiger partial charge in [0, 0.05) is 17.0 Å². The van der Waals surface area contributed by atoms with E-state index in [4.69, 9.17) is 0 Å². The molecule has 1 N–H and O–H groups in total. The zero-order valence-corrected chi connectivity index (χ0v) is 15.4. The summed E-state index contributed by atoms with van der Waals surface area (Å²) in [4.78, 5) is 5.42. The molecule has 0 unspecified atom stereocenters. The molecule has 0 bridgehead atoms. The highest BCUT2D eigenvalue weighted by Crippen LogP contribution is 2.28. The molecule has 0 radical (unpaired) electrons. The number of thiazole rings is 1. The monoisotopic (exact) mass is 376 g/mol. The highest BCUT2D eigenvalue weighted by Gasteiger charge is 2.17. The van der Waals surface area contributed by atoms with Gasteiger partial charge in [0.1, 0.15) is 10.8 Å². The van der Waals surface area contributed by atoms with Crippen molar-refractivity contribution < 1.29 is 12.8 Å². The highest BCUT2D eigenvalue weighted by molar-refractivity contribution is 7.89. The topological polar surface area (TPSA) is 59.1 Å². The van der Waals surface area contributed by atoms with Crippen LogP contribution in [0.2, 0.25) is 0 Å². The Kier molecular flexibility index (Phi) is 4.99. The third kappa shape index (κ3) is 3.95. The van der Waals surface area contributed by atoms with E-state index in [1.807, 2.05) is 37.3 Å². The Balaban J connectivity index is 1.79. The molecule has 0 spiro atoms. The predicted octanol–water partition coefficient (Wildman–Crippen LogP) is 4.04. The molecule has 130 valence electrons. The van der Waals surface area contributed by atoms with Crippen LogP contribution >= 0.6 is 11.3 Å². The van der Waals surface area contributed by atoms with Gasteiger partial charge in [-0.3, -0.25) is 0 Å². The molecule has 0 aliphatic carbocycles. The molecular formula is C18H17FN2O2S2. The van der Waals surface area contributed by atoms with Crippen molar-refractivity contribution in [2.45, 2.75) is 25.3 Å². The summed E-state index contributed by atoms with van der Waals surface area (Å²) in [6, 6.07) is 13.5. The molecule has 2 aromatic carbocycles. The standard InChI is InChI=1S/C18H17FN2O2S2/c1-12-10-15(8-9-16(12)19)25(22,23)20-11-17-13(2)21-18(24-17)14-6-4-3-5-7-14/h3-10,20H,11H2,1-2H3. The van der Waals surface area contributed by atoms with Gasteiger partial charge in [-0.25, -0.2) is 22.5 Å². The second-order valence-corrected chi connectivity index (χ2v) is 8.48. The molecular weight excluding hydrogens is 359 g/mol. The summed E-state index contributed by atoms with van der Waals surface area (Å²) >= 11 is 1.46. The molecule has 4 nitrogen and oxygen atoms in total. The van der Waals surface area contributed by atoms with Gasteiger partial charge >= 0.3 is 0 Å². The van der Waals surface area contributed by atoms with Gasteiger partial charge in [-0.2, -0.15) is 0 Å². The zero-order valence-electron chi connectivity index (χ0n) is 13.8. The smallest absolute Gasteiger partial charge is 0.240 e. The van der Waals surface area contributed by atoms with E-state index in [0.29, 0.717) is 5.56 Å². The lowest BCUT2D eigenvalue weighted by atomic mass is 10.2. The second kappa shape index (κ2) is 7.03. The Hall–Kier alpha value is -2.09. The van der Waals surface area contributed by atoms with Crippen LogP contribution in [0.3, 0.4) is 0 Å². The third-order valence-electron chi connectivity index (χ3n) is 3.78. The molecule has 1 heterocycles. The van der Waals surface area contributed by atoms with Gasteiger partial charge in [-0.15, -0.1) is 11.3 Å². The first-order valence-electron chi connectivity index (χ1n) is 7.64. The number of halogens is 1. The summed E-state index contributed by atoms with van der Waals surface area (Å²) in [6.45, 7) is 3.54. The van der Waals surface area contributed by atoms with E-state index in [2.05, 4.69) is 9.71 Å². The van der Waals surface area contributed by atoms with Crippen molar-refractivity contribution >= 4 is 21.4 Å².